The van der Waals surface area contributed by atoms with E-state index < -0.39 is 41.9 Å². The average Bonchev–Trinajstić information content (AvgIpc) is 3.02. The number of carboxylic acid groups (broad SMARTS) is 1. The van der Waals surface area contributed by atoms with Crippen molar-refractivity contribution in [1.29, 1.82) is 0 Å². The molecule has 2 aromatic carbocycles. The molecular formula is C19H14ClF2N3O4. The Morgan fingerprint density at radius 1 is 1.17 bits per heavy atom. The zero-order valence-electron chi connectivity index (χ0n) is 14.6. The molecule has 7 nitrogen and oxygen atoms in total. The van der Waals surface area contributed by atoms with Gasteiger partial charge in [-0.15, -0.1) is 0 Å². The van der Waals surface area contributed by atoms with Crippen molar-refractivity contribution in [2.45, 2.75) is 12.5 Å². The van der Waals surface area contributed by atoms with E-state index in [0.717, 1.165) is 22.9 Å². The third kappa shape index (κ3) is 4.69. The summed E-state index contributed by atoms with van der Waals surface area (Å²) in [7, 11) is 0. The predicted molar refractivity (Wildman–Crippen MR) is 99.1 cm³/mol. The second kappa shape index (κ2) is 8.27. The smallest absolute Gasteiger partial charge is 0.305 e. The van der Waals surface area contributed by atoms with Crippen LogP contribution in [-0.4, -0.2) is 31.9 Å². The van der Waals surface area contributed by atoms with Gasteiger partial charge in [-0.2, -0.15) is 9.78 Å². The first-order chi connectivity index (χ1) is 13.7. The molecule has 0 aliphatic heterocycles. The van der Waals surface area contributed by atoms with Gasteiger partial charge < -0.3 is 15.5 Å². The predicted octanol–water partition coefficient (Wildman–Crippen LogP) is 3.46. The molecule has 0 saturated heterocycles. The van der Waals surface area contributed by atoms with Gasteiger partial charge in [0, 0.05) is 17.2 Å². The third-order valence-electron chi connectivity index (χ3n) is 4.00. The summed E-state index contributed by atoms with van der Waals surface area (Å²) >= 11 is 5.93. The van der Waals surface area contributed by atoms with E-state index in [1.807, 2.05) is 0 Å². The molecule has 1 atom stereocenters. The molecule has 10 heteroatoms. The number of aromatic nitrogens is 2. The summed E-state index contributed by atoms with van der Waals surface area (Å²) in [5.74, 6) is -4.31. The number of carbonyl (C=O) groups is 2. The second-order valence-electron chi connectivity index (χ2n) is 6.07. The Kier molecular flexibility index (Phi) is 5.79. The number of amides is 1. The van der Waals surface area contributed by atoms with Crippen LogP contribution in [-0.2, 0) is 4.79 Å². The minimum Gasteiger partial charge on any atom is -0.493 e. The molecular weight excluding hydrogens is 408 g/mol. The molecule has 3 N–H and O–H groups in total. The highest BCUT2D eigenvalue weighted by Gasteiger charge is 2.23. The molecule has 3 rings (SSSR count). The first kappa shape index (κ1) is 20.3. The number of nitrogens with zero attached hydrogens (tertiary/aromatic N) is 2. The number of hydrogen-bond acceptors (Lipinski definition) is 4. The van der Waals surface area contributed by atoms with Gasteiger partial charge in [0.2, 0.25) is 5.88 Å². The zero-order valence-corrected chi connectivity index (χ0v) is 15.4. The molecule has 1 aromatic heterocycles. The maximum absolute atomic E-state index is 13.9. The van der Waals surface area contributed by atoms with Crippen molar-refractivity contribution < 1.29 is 28.6 Å². The van der Waals surface area contributed by atoms with Crippen molar-refractivity contribution in [3.05, 3.63) is 76.4 Å². The highest BCUT2D eigenvalue weighted by atomic mass is 35.5. The van der Waals surface area contributed by atoms with E-state index in [4.69, 9.17) is 16.7 Å². The topological polar surface area (TPSA) is 104 Å². The minimum absolute atomic E-state index is 0.264. The summed E-state index contributed by atoms with van der Waals surface area (Å²) < 4.78 is 27.8. The lowest BCUT2D eigenvalue weighted by Crippen LogP contribution is -2.30. The summed E-state index contributed by atoms with van der Waals surface area (Å²) in [6.45, 7) is 0. The van der Waals surface area contributed by atoms with Gasteiger partial charge in [0.15, 0.2) is 11.5 Å². The van der Waals surface area contributed by atoms with Crippen molar-refractivity contribution in [2.75, 3.05) is 0 Å². The molecule has 0 bridgehead atoms. The van der Waals surface area contributed by atoms with Gasteiger partial charge in [-0.1, -0.05) is 23.7 Å². The lowest BCUT2D eigenvalue weighted by molar-refractivity contribution is -0.137. The van der Waals surface area contributed by atoms with Crippen LogP contribution in [0.15, 0.2) is 48.5 Å². The van der Waals surface area contributed by atoms with Gasteiger partial charge in [-0.3, -0.25) is 9.59 Å². The van der Waals surface area contributed by atoms with Crippen molar-refractivity contribution in [2.24, 2.45) is 0 Å². The van der Waals surface area contributed by atoms with Crippen LogP contribution in [0.25, 0.3) is 5.69 Å². The lowest BCUT2D eigenvalue weighted by atomic mass is 10.0. The molecule has 1 heterocycles. The average molecular weight is 422 g/mol. The van der Waals surface area contributed by atoms with E-state index in [9.17, 15) is 23.5 Å². The number of carbonyl (C=O) groups excluding carboxylic acids is 1. The normalized spacial score (nSPS) is 11.8. The molecule has 0 fully saturated rings. The molecule has 1 amide bonds. The Labute approximate surface area is 168 Å². The minimum atomic E-state index is -1.16. The summed E-state index contributed by atoms with van der Waals surface area (Å²) in [5, 5.41) is 25.8. The molecule has 0 aliphatic rings. The number of halogens is 3. The van der Waals surface area contributed by atoms with E-state index in [0.29, 0.717) is 16.7 Å². The molecule has 3 aromatic rings. The first-order valence-electron chi connectivity index (χ1n) is 8.27. The maximum atomic E-state index is 13.9. The van der Waals surface area contributed by atoms with Gasteiger partial charge >= 0.3 is 5.97 Å². The molecule has 0 radical (unpaired) electrons. The fourth-order valence-electron chi connectivity index (χ4n) is 2.69. The maximum Gasteiger partial charge on any atom is 0.305 e. The van der Waals surface area contributed by atoms with Crippen LogP contribution >= 0.6 is 11.6 Å². The van der Waals surface area contributed by atoms with Crippen LogP contribution in [0, 0.1) is 11.6 Å². The Morgan fingerprint density at radius 3 is 2.59 bits per heavy atom. The second-order valence-corrected chi connectivity index (χ2v) is 6.51. The summed E-state index contributed by atoms with van der Waals surface area (Å²) in [5.41, 5.74) is -0.0926. The summed E-state index contributed by atoms with van der Waals surface area (Å²) in [4.78, 5) is 23.7. The molecule has 150 valence electrons. The fourth-order valence-corrected chi connectivity index (χ4v) is 2.89. The van der Waals surface area contributed by atoms with E-state index in [2.05, 4.69) is 10.4 Å². The van der Waals surface area contributed by atoms with Gasteiger partial charge in [0.25, 0.3) is 5.91 Å². The van der Waals surface area contributed by atoms with Crippen LogP contribution in [0.5, 0.6) is 5.88 Å². The van der Waals surface area contributed by atoms with Gasteiger partial charge in [-0.05, 0) is 29.8 Å². The number of hydrogen-bond donors (Lipinski definition) is 3. The van der Waals surface area contributed by atoms with Gasteiger partial charge in [0.05, 0.1) is 12.5 Å². The van der Waals surface area contributed by atoms with Crippen LogP contribution in [0.3, 0.4) is 0 Å². The number of aliphatic carboxylic acids is 1. The van der Waals surface area contributed by atoms with E-state index in [1.54, 1.807) is 18.2 Å². The van der Waals surface area contributed by atoms with Crippen molar-refractivity contribution in [1.82, 2.24) is 15.1 Å². The van der Waals surface area contributed by atoms with Gasteiger partial charge in [-0.25, -0.2) is 8.78 Å². The lowest BCUT2D eigenvalue weighted by Gasteiger charge is -2.17. The summed E-state index contributed by atoms with van der Waals surface area (Å²) in [6, 6.07) is 9.01. The van der Waals surface area contributed by atoms with Crippen molar-refractivity contribution in [3.63, 3.8) is 0 Å². The standard InChI is InChI=1S/C19H14ClF2N3O4/c20-11-3-1-2-10(6-11)14(9-18(27)28)23-19(29)15-8-17(26)25(24-15)16-5-4-12(21)7-13(16)22/h1-8,14,26H,9H2,(H,23,29)(H,27,28)/t14-/m0/s1. The Bertz CT molecular complexity index is 1090. The Morgan fingerprint density at radius 2 is 1.93 bits per heavy atom. The Balaban J connectivity index is 1.88. The van der Waals surface area contributed by atoms with Crippen molar-refractivity contribution in [3.8, 4) is 11.6 Å². The van der Waals surface area contributed by atoms with E-state index in [1.165, 1.54) is 6.07 Å². The number of nitrogens with one attached hydrogen (secondary N) is 1. The molecule has 0 unspecified atom stereocenters. The summed E-state index contributed by atoms with van der Waals surface area (Å²) in [6.07, 6.45) is -0.425. The molecule has 29 heavy (non-hydrogen) atoms. The molecule has 0 spiro atoms. The van der Waals surface area contributed by atoms with Crippen LogP contribution in [0.4, 0.5) is 8.78 Å². The van der Waals surface area contributed by atoms with E-state index in [-0.39, 0.29) is 11.4 Å². The monoisotopic (exact) mass is 421 g/mol. The van der Waals surface area contributed by atoms with Crippen LogP contribution in [0.1, 0.15) is 28.5 Å². The van der Waals surface area contributed by atoms with Gasteiger partial charge in [0.1, 0.15) is 11.5 Å². The molecule has 0 aliphatic carbocycles. The first-order valence-corrected chi connectivity index (χ1v) is 8.65. The Hall–Kier alpha value is -3.46. The number of carboxylic acids is 1. The SMILES string of the molecule is O=C(O)C[C@H](NC(=O)c1cc(O)n(-c2ccc(F)cc2F)n1)c1cccc(Cl)c1. The third-order valence-corrected chi connectivity index (χ3v) is 4.23. The van der Waals surface area contributed by atoms with Crippen LogP contribution in [0.2, 0.25) is 5.02 Å². The van der Waals surface area contributed by atoms with E-state index >= 15 is 0 Å². The molecule has 0 saturated carbocycles. The number of benzene rings is 2. The van der Waals surface area contributed by atoms with Crippen LogP contribution < -0.4 is 5.32 Å². The van der Waals surface area contributed by atoms with Crippen molar-refractivity contribution >= 4 is 23.5 Å². The zero-order chi connectivity index (χ0) is 21.1. The highest BCUT2D eigenvalue weighted by molar-refractivity contribution is 6.30. The fraction of sp³-hybridized carbons (Fsp3) is 0.105. The number of aromatic hydroxyl groups is 1. The quantitative estimate of drug-likeness (QED) is 0.565. The highest BCUT2D eigenvalue weighted by Crippen LogP contribution is 2.24. The largest absolute Gasteiger partial charge is 0.493 e. The number of rotatable bonds is 6.